The molecule has 2 N–H and O–H groups in total. The molecule has 1 aromatic heterocycles. The van der Waals surface area contributed by atoms with Crippen molar-refractivity contribution in [2.75, 3.05) is 12.4 Å². The predicted octanol–water partition coefficient (Wildman–Crippen LogP) is 3.02. The van der Waals surface area contributed by atoms with Crippen LogP contribution in [0.5, 0.6) is 0 Å². The molecule has 1 atom stereocenters. The highest BCUT2D eigenvalue weighted by atomic mass is 19.2. The van der Waals surface area contributed by atoms with Gasteiger partial charge in [0.25, 0.3) is 5.91 Å². The van der Waals surface area contributed by atoms with E-state index in [1.807, 2.05) is 5.32 Å². The Kier molecular flexibility index (Phi) is 6.12. The fraction of sp³-hybridized carbons (Fsp3) is 0.278. The molecule has 0 radical (unpaired) electrons. The van der Waals surface area contributed by atoms with Crippen LogP contribution in [0.25, 0.3) is 0 Å². The number of nitrogens with one attached hydrogen (secondary N) is 2. The Labute approximate surface area is 157 Å². The number of amides is 1. The number of carbonyl (C=O) groups excluding carboxylic acids is 3. The summed E-state index contributed by atoms with van der Waals surface area (Å²) in [5, 5.41) is 2.01. The Morgan fingerprint density at radius 3 is 2.32 bits per heavy atom. The van der Waals surface area contributed by atoms with Crippen LogP contribution in [0.1, 0.15) is 39.0 Å². The molecule has 7 nitrogen and oxygen atoms in total. The molecule has 0 saturated carbocycles. The predicted molar refractivity (Wildman–Crippen MR) is 91.4 cm³/mol. The van der Waals surface area contributed by atoms with Gasteiger partial charge in [-0.05, 0) is 38.5 Å². The molecule has 0 unspecified atom stereocenters. The van der Waals surface area contributed by atoms with Crippen LogP contribution in [0.2, 0.25) is 0 Å². The number of hydrogen-bond donors (Lipinski definition) is 2. The molecular formula is C18H17F3N2O5. The van der Waals surface area contributed by atoms with E-state index < -0.39 is 47.1 Å². The second-order valence-electron chi connectivity index (χ2n) is 5.88. The largest absolute Gasteiger partial charge is 0.465 e. The van der Waals surface area contributed by atoms with Gasteiger partial charge in [0, 0.05) is 5.69 Å². The fourth-order valence-electron chi connectivity index (χ4n) is 2.49. The number of H-pyrrole nitrogens is 1. The highest BCUT2D eigenvalue weighted by Crippen LogP contribution is 2.22. The molecule has 0 spiro atoms. The molecule has 0 aliphatic heterocycles. The van der Waals surface area contributed by atoms with Gasteiger partial charge in [-0.25, -0.2) is 22.8 Å². The zero-order chi connectivity index (χ0) is 21.2. The first-order valence-electron chi connectivity index (χ1n) is 8.01. The van der Waals surface area contributed by atoms with E-state index in [1.54, 1.807) is 6.92 Å². The minimum atomic E-state index is -1.74. The van der Waals surface area contributed by atoms with Crippen molar-refractivity contribution in [3.05, 3.63) is 52.1 Å². The van der Waals surface area contributed by atoms with Gasteiger partial charge in [0.05, 0.1) is 18.4 Å². The number of benzene rings is 1. The molecule has 2 aromatic rings. The SMILES string of the molecule is COC(=O)c1c(C)[nH]c(C(=O)O[C@H](C)C(=O)Nc2ccc(F)c(F)c2F)c1C. The molecule has 28 heavy (non-hydrogen) atoms. The summed E-state index contributed by atoms with van der Waals surface area (Å²) in [6.45, 7) is 4.25. The van der Waals surface area contributed by atoms with E-state index in [2.05, 4.69) is 9.72 Å². The number of aromatic amines is 1. The average molecular weight is 398 g/mol. The summed E-state index contributed by atoms with van der Waals surface area (Å²) in [5.41, 5.74) is 0.143. The standard InChI is InChI=1S/C18H17F3N2O5/c1-7-12(17(25)27-4)8(2)22-15(7)18(26)28-9(3)16(24)23-11-6-5-10(19)13(20)14(11)21/h5-6,9,22H,1-4H3,(H,23,24)/t9-/m1/s1. The topological polar surface area (TPSA) is 97.5 Å². The number of methoxy groups -OCH3 is 1. The van der Waals surface area contributed by atoms with Crippen molar-refractivity contribution in [1.29, 1.82) is 0 Å². The fourth-order valence-corrected chi connectivity index (χ4v) is 2.49. The van der Waals surface area contributed by atoms with Gasteiger partial charge in [-0.2, -0.15) is 0 Å². The Bertz CT molecular complexity index is 955. The van der Waals surface area contributed by atoms with Crippen LogP contribution in [0.3, 0.4) is 0 Å². The lowest BCUT2D eigenvalue weighted by Crippen LogP contribution is -2.30. The molecule has 2 rings (SSSR count). The molecule has 0 fully saturated rings. The van der Waals surface area contributed by atoms with Crippen LogP contribution < -0.4 is 5.32 Å². The number of carbonyl (C=O) groups is 3. The minimum Gasteiger partial charge on any atom is -0.465 e. The highest BCUT2D eigenvalue weighted by molar-refractivity contribution is 6.00. The lowest BCUT2D eigenvalue weighted by atomic mass is 10.1. The molecule has 1 heterocycles. The number of hydrogen-bond acceptors (Lipinski definition) is 5. The van der Waals surface area contributed by atoms with E-state index in [4.69, 9.17) is 4.74 Å². The van der Waals surface area contributed by atoms with Crippen LogP contribution in [-0.4, -0.2) is 36.0 Å². The summed E-state index contributed by atoms with van der Waals surface area (Å²) in [6, 6.07) is 1.48. The van der Waals surface area contributed by atoms with Crippen LogP contribution in [0.15, 0.2) is 12.1 Å². The quantitative estimate of drug-likeness (QED) is 0.596. The number of esters is 2. The van der Waals surface area contributed by atoms with Gasteiger partial charge < -0.3 is 19.8 Å². The van der Waals surface area contributed by atoms with Gasteiger partial charge in [0.2, 0.25) is 0 Å². The number of anilines is 1. The highest BCUT2D eigenvalue weighted by Gasteiger charge is 2.27. The van der Waals surface area contributed by atoms with E-state index in [-0.39, 0.29) is 16.8 Å². The smallest absolute Gasteiger partial charge is 0.355 e. The van der Waals surface area contributed by atoms with Crippen molar-refractivity contribution in [2.24, 2.45) is 0 Å². The molecule has 0 saturated heterocycles. The summed E-state index contributed by atoms with van der Waals surface area (Å²) >= 11 is 0. The first-order chi connectivity index (χ1) is 13.1. The summed E-state index contributed by atoms with van der Waals surface area (Å²) in [7, 11) is 1.19. The maximum atomic E-state index is 13.6. The molecule has 1 aromatic carbocycles. The molecule has 1 amide bonds. The van der Waals surface area contributed by atoms with Crippen LogP contribution in [0, 0.1) is 31.3 Å². The zero-order valence-electron chi connectivity index (χ0n) is 15.4. The monoisotopic (exact) mass is 398 g/mol. The normalized spacial score (nSPS) is 11.7. The molecule has 150 valence electrons. The summed E-state index contributed by atoms with van der Waals surface area (Å²) in [5.74, 6) is -7.28. The Morgan fingerprint density at radius 1 is 1.07 bits per heavy atom. The summed E-state index contributed by atoms with van der Waals surface area (Å²) in [6.07, 6.45) is -1.40. The zero-order valence-corrected chi connectivity index (χ0v) is 15.4. The van der Waals surface area contributed by atoms with Crippen molar-refractivity contribution < 1.29 is 37.0 Å². The third kappa shape index (κ3) is 4.00. The van der Waals surface area contributed by atoms with E-state index in [0.717, 1.165) is 6.07 Å². The molecule has 0 aliphatic rings. The average Bonchev–Trinajstić information content (AvgIpc) is 2.95. The Morgan fingerprint density at radius 2 is 1.71 bits per heavy atom. The first-order valence-corrected chi connectivity index (χ1v) is 8.01. The number of halogens is 3. The number of aryl methyl sites for hydroxylation is 1. The van der Waals surface area contributed by atoms with Crippen molar-refractivity contribution in [1.82, 2.24) is 4.98 Å². The van der Waals surface area contributed by atoms with Crippen molar-refractivity contribution >= 4 is 23.5 Å². The van der Waals surface area contributed by atoms with E-state index in [0.29, 0.717) is 11.8 Å². The number of aromatic nitrogens is 1. The molecule has 0 aliphatic carbocycles. The minimum absolute atomic E-state index is 0.0587. The van der Waals surface area contributed by atoms with E-state index in [9.17, 15) is 27.6 Å². The van der Waals surface area contributed by atoms with Crippen LogP contribution >= 0.6 is 0 Å². The van der Waals surface area contributed by atoms with Gasteiger partial charge in [0.15, 0.2) is 23.6 Å². The van der Waals surface area contributed by atoms with Crippen molar-refractivity contribution in [2.45, 2.75) is 26.9 Å². The second-order valence-corrected chi connectivity index (χ2v) is 5.88. The molecule has 0 bridgehead atoms. The molecular weight excluding hydrogens is 381 g/mol. The van der Waals surface area contributed by atoms with Crippen molar-refractivity contribution in [3.63, 3.8) is 0 Å². The summed E-state index contributed by atoms with van der Waals surface area (Å²) < 4.78 is 49.4. The summed E-state index contributed by atoms with van der Waals surface area (Å²) in [4.78, 5) is 38.8. The van der Waals surface area contributed by atoms with Gasteiger partial charge in [0.1, 0.15) is 5.69 Å². The van der Waals surface area contributed by atoms with Gasteiger partial charge in [-0.3, -0.25) is 4.79 Å². The maximum Gasteiger partial charge on any atom is 0.355 e. The Hall–Kier alpha value is -3.30. The first kappa shape index (κ1) is 21.0. The van der Waals surface area contributed by atoms with Gasteiger partial charge in [-0.15, -0.1) is 0 Å². The van der Waals surface area contributed by atoms with E-state index >= 15 is 0 Å². The molecule has 10 heteroatoms. The third-order valence-electron chi connectivity index (χ3n) is 3.98. The number of ether oxygens (including phenoxy) is 2. The lowest BCUT2D eigenvalue weighted by molar-refractivity contribution is -0.123. The van der Waals surface area contributed by atoms with Crippen molar-refractivity contribution in [3.8, 4) is 0 Å². The number of rotatable bonds is 5. The lowest BCUT2D eigenvalue weighted by Gasteiger charge is -2.14. The van der Waals surface area contributed by atoms with E-state index in [1.165, 1.54) is 21.0 Å². The second kappa shape index (κ2) is 8.15. The van der Waals surface area contributed by atoms with Crippen LogP contribution in [0.4, 0.5) is 18.9 Å². The van der Waals surface area contributed by atoms with Gasteiger partial charge >= 0.3 is 11.9 Å². The maximum absolute atomic E-state index is 13.6. The van der Waals surface area contributed by atoms with Crippen LogP contribution in [-0.2, 0) is 14.3 Å². The van der Waals surface area contributed by atoms with Gasteiger partial charge in [-0.1, -0.05) is 0 Å². The third-order valence-corrected chi connectivity index (χ3v) is 3.98. The Balaban J connectivity index is 2.14.